The van der Waals surface area contributed by atoms with Gasteiger partial charge in [-0.2, -0.15) is 5.10 Å². The molecule has 1 unspecified atom stereocenters. The number of likely N-dealkylation sites (tertiary alicyclic amines) is 1. The first kappa shape index (κ1) is 19.9. The molecule has 1 saturated heterocycles. The van der Waals surface area contributed by atoms with Crippen LogP contribution in [0.5, 0.6) is 11.5 Å². The highest BCUT2D eigenvalue weighted by Gasteiger charge is 2.32. The first-order valence-corrected chi connectivity index (χ1v) is 9.70. The summed E-state index contributed by atoms with van der Waals surface area (Å²) in [7, 11) is 3.20. The summed E-state index contributed by atoms with van der Waals surface area (Å²) in [6.45, 7) is 3.24. The molecule has 1 aliphatic heterocycles. The number of rotatable bonds is 7. The lowest BCUT2D eigenvalue weighted by molar-refractivity contribution is 0.0726. The number of benzene rings is 1. The van der Waals surface area contributed by atoms with Crippen LogP contribution in [0.2, 0.25) is 0 Å². The summed E-state index contributed by atoms with van der Waals surface area (Å²) in [5.41, 5.74) is 1.13. The molecule has 0 spiro atoms. The molecule has 2 heterocycles. The van der Waals surface area contributed by atoms with Gasteiger partial charge in [0.1, 0.15) is 5.69 Å². The highest BCUT2D eigenvalue weighted by molar-refractivity contribution is 5.92. The van der Waals surface area contributed by atoms with Gasteiger partial charge in [-0.05, 0) is 43.0 Å². The van der Waals surface area contributed by atoms with Gasteiger partial charge in [0, 0.05) is 19.2 Å². The molecule has 1 aromatic heterocycles. The van der Waals surface area contributed by atoms with E-state index in [1.807, 2.05) is 23.1 Å². The average Bonchev–Trinajstić information content (AvgIpc) is 3.22. The van der Waals surface area contributed by atoms with E-state index in [4.69, 9.17) is 9.47 Å². The maximum absolute atomic E-state index is 13.1. The molecule has 0 saturated carbocycles. The summed E-state index contributed by atoms with van der Waals surface area (Å²) < 4.78 is 12.1. The van der Waals surface area contributed by atoms with Gasteiger partial charge in [0.15, 0.2) is 11.5 Å². The van der Waals surface area contributed by atoms with Crippen LogP contribution in [0.1, 0.15) is 54.7 Å². The van der Waals surface area contributed by atoms with Crippen LogP contribution in [0.25, 0.3) is 0 Å². The lowest BCUT2D eigenvalue weighted by atomic mass is 10.0. The summed E-state index contributed by atoms with van der Waals surface area (Å²) in [6.07, 6.45) is 3.60. The molecule has 150 valence electrons. The highest BCUT2D eigenvalue weighted by Crippen LogP contribution is 2.37. The molecule has 1 atom stereocenters. The molecule has 3 rings (SSSR count). The van der Waals surface area contributed by atoms with Crippen molar-refractivity contribution in [3.05, 3.63) is 51.9 Å². The van der Waals surface area contributed by atoms with Crippen molar-refractivity contribution in [1.82, 2.24) is 14.7 Å². The number of unbranched alkanes of at least 4 members (excludes halogenated alkanes) is 1. The van der Waals surface area contributed by atoms with E-state index in [1.54, 1.807) is 14.2 Å². The van der Waals surface area contributed by atoms with E-state index >= 15 is 0 Å². The monoisotopic (exact) mass is 385 g/mol. The standard InChI is InChI=1S/C21H27N3O4/c1-4-5-13-24-20(25)11-9-16(22-24)21(26)23-12-6-7-17(23)15-8-10-18(27-2)19(14-15)28-3/h8-11,14,17H,4-7,12-13H2,1-3H3. The fourth-order valence-corrected chi connectivity index (χ4v) is 3.59. The molecular weight excluding hydrogens is 358 g/mol. The maximum Gasteiger partial charge on any atom is 0.274 e. The van der Waals surface area contributed by atoms with Crippen molar-refractivity contribution in [2.45, 2.75) is 45.2 Å². The van der Waals surface area contributed by atoms with Gasteiger partial charge in [0.05, 0.1) is 20.3 Å². The van der Waals surface area contributed by atoms with Crippen molar-refractivity contribution >= 4 is 5.91 Å². The fourth-order valence-electron chi connectivity index (χ4n) is 3.59. The van der Waals surface area contributed by atoms with Crippen LogP contribution in [0, 0.1) is 0 Å². The Morgan fingerprint density at radius 2 is 1.96 bits per heavy atom. The third-order valence-electron chi connectivity index (χ3n) is 5.12. The van der Waals surface area contributed by atoms with Crippen LogP contribution in [0.3, 0.4) is 0 Å². The number of aryl methyl sites for hydroxylation is 1. The lowest BCUT2D eigenvalue weighted by Crippen LogP contribution is -2.33. The topological polar surface area (TPSA) is 73.7 Å². The van der Waals surface area contributed by atoms with Gasteiger partial charge in [-0.15, -0.1) is 0 Å². The Morgan fingerprint density at radius 3 is 2.68 bits per heavy atom. The van der Waals surface area contributed by atoms with Gasteiger partial charge in [-0.1, -0.05) is 19.4 Å². The minimum absolute atomic E-state index is 0.0508. The second-order valence-electron chi connectivity index (χ2n) is 6.90. The molecule has 1 fully saturated rings. The summed E-state index contributed by atoms with van der Waals surface area (Å²) in [6, 6.07) is 8.65. The van der Waals surface area contributed by atoms with Crippen LogP contribution in [-0.2, 0) is 6.54 Å². The fraction of sp³-hybridized carbons (Fsp3) is 0.476. The molecule has 7 heteroatoms. The van der Waals surface area contributed by atoms with Crippen molar-refractivity contribution in [2.24, 2.45) is 0 Å². The number of carbonyl (C=O) groups is 1. The number of hydrogen-bond acceptors (Lipinski definition) is 5. The number of methoxy groups -OCH3 is 2. The molecule has 1 aliphatic rings. The van der Waals surface area contributed by atoms with Gasteiger partial charge in [-0.3, -0.25) is 9.59 Å². The predicted molar refractivity (Wildman–Crippen MR) is 106 cm³/mol. The predicted octanol–water partition coefficient (Wildman–Crippen LogP) is 3.04. The van der Waals surface area contributed by atoms with Crippen LogP contribution >= 0.6 is 0 Å². The number of carbonyl (C=O) groups excluding carboxylic acids is 1. The number of amides is 1. The molecule has 0 radical (unpaired) electrons. The highest BCUT2D eigenvalue weighted by atomic mass is 16.5. The second-order valence-corrected chi connectivity index (χ2v) is 6.90. The Morgan fingerprint density at radius 1 is 1.18 bits per heavy atom. The molecule has 0 aliphatic carbocycles. The molecule has 1 amide bonds. The molecule has 1 aromatic carbocycles. The minimum Gasteiger partial charge on any atom is -0.493 e. The van der Waals surface area contributed by atoms with Crippen molar-refractivity contribution in [2.75, 3.05) is 20.8 Å². The molecule has 28 heavy (non-hydrogen) atoms. The summed E-state index contributed by atoms with van der Waals surface area (Å²) in [4.78, 5) is 27.0. The minimum atomic E-state index is -0.178. The van der Waals surface area contributed by atoms with Gasteiger partial charge in [-0.25, -0.2) is 4.68 Å². The van der Waals surface area contributed by atoms with Crippen molar-refractivity contribution in [1.29, 1.82) is 0 Å². The summed E-state index contributed by atoms with van der Waals surface area (Å²) in [5.74, 6) is 1.15. The third-order valence-corrected chi connectivity index (χ3v) is 5.12. The lowest BCUT2D eigenvalue weighted by Gasteiger charge is -2.25. The van der Waals surface area contributed by atoms with Crippen LogP contribution < -0.4 is 15.0 Å². The maximum atomic E-state index is 13.1. The zero-order valence-corrected chi connectivity index (χ0v) is 16.7. The van der Waals surface area contributed by atoms with Gasteiger partial charge >= 0.3 is 0 Å². The zero-order chi connectivity index (χ0) is 20.1. The van der Waals surface area contributed by atoms with Crippen molar-refractivity contribution in [3.8, 4) is 11.5 Å². The van der Waals surface area contributed by atoms with E-state index in [0.717, 1.165) is 31.2 Å². The SMILES string of the molecule is CCCCn1nc(C(=O)N2CCCC2c2ccc(OC)c(OC)c2)ccc1=O. The van der Waals surface area contributed by atoms with Gasteiger partial charge in [0.25, 0.3) is 11.5 Å². The van der Waals surface area contributed by atoms with Crippen LogP contribution in [0.15, 0.2) is 35.1 Å². The molecule has 0 N–H and O–H groups in total. The molecular formula is C21H27N3O4. The Balaban J connectivity index is 1.86. The second kappa shape index (κ2) is 8.91. The smallest absolute Gasteiger partial charge is 0.274 e. The Kier molecular flexibility index (Phi) is 6.34. The Bertz CT molecular complexity index is 893. The van der Waals surface area contributed by atoms with Crippen LogP contribution in [0.4, 0.5) is 0 Å². The number of hydrogen-bond donors (Lipinski definition) is 0. The van der Waals surface area contributed by atoms with E-state index in [9.17, 15) is 9.59 Å². The first-order chi connectivity index (χ1) is 13.6. The quantitative estimate of drug-likeness (QED) is 0.732. The van der Waals surface area contributed by atoms with Crippen molar-refractivity contribution < 1.29 is 14.3 Å². The number of aromatic nitrogens is 2. The van der Waals surface area contributed by atoms with Gasteiger partial charge in [0.2, 0.25) is 0 Å². The molecule has 2 aromatic rings. The van der Waals surface area contributed by atoms with E-state index in [0.29, 0.717) is 30.3 Å². The number of ether oxygens (including phenoxy) is 2. The summed E-state index contributed by atoms with van der Waals surface area (Å²) in [5, 5.41) is 4.31. The Hall–Kier alpha value is -2.83. The largest absolute Gasteiger partial charge is 0.493 e. The molecule has 7 nitrogen and oxygen atoms in total. The van der Waals surface area contributed by atoms with Crippen LogP contribution in [-0.4, -0.2) is 41.4 Å². The number of nitrogens with zero attached hydrogens (tertiary/aromatic N) is 3. The first-order valence-electron chi connectivity index (χ1n) is 9.70. The van der Waals surface area contributed by atoms with E-state index in [-0.39, 0.29) is 17.5 Å². The zero-order valence-electron chi connectivity index (χ0n) is 16.7. The van der Waals surface area contributed by atoms with Crippen molar-refractivity contribution in [3.63, 3.8) is 0 Å². The third kappa shape index (κ3) is 4.03. The molecule has 0 bridgehead atoms. The van der Waals surface area contributed by atoms with E-state index in [2.05, 4.69) is 12.0 Å². The van der Waals surface area contributed by atoms with E-state index in [1.165, 1.54) is 16.8 Å². The normalized spacial score (nSPS) is 16.2. The van der Waals surface area contributed by atoms with Gasteiger partial charge < -0.3 is 14.4 Å². The Labute approximate surface area is 164 Å². The van der Waals surface area contributed by atoms with E-state index < -0.39 is 0 Å². The summed E-state index contributed by atoms with van der Waals surface area (Å²) >= 11 is 0. The average molecular weight is 385 g/mol.